The molecular formula is C16H14N2O6. The number of nitro groups is 1. The number of nitrogens with zero attached hydrogens (tertiary/aromatic N) is 1. The normalized spacial score (nSPS) is 10.0. The molecule has 2 N–H and O–H groups in total. The Labute approximate surface area is 136 Å². The summed E-state index contributed by atoms with van der Waals surface area (Å²) in [5.74, 6) is -1.40. The highest BCUT2D eigenvalue weighted by molar-refractivity contribution is 6.04. The Balaban J connectivity index is 2.16. The van der Waals surface area contributed by atoms with Gasteiger partial charge in [-0.25, -0.2) is 0 Å². The van der Waals surface area contributed by atoms with Gasteiger partial charge >= 0.3 is 11.7 Å². The third-order valence-electron chi connectivity index (χ3n) is 3.20. The minimum atomic E-state index is -0.947. The van der Waals surface area contributed by atoms with Crippen molar-refractivity contribution in [2.45, 2.75) is 6.42 Å². The Hall–Kier alpha value is -3.42. The van der Waals surface area contributed by atoms with Crippen LogP contribution >= 0.6 is 0 Å². The Kier molecular flexibility index (Phi) is 5.10. The lowest BCUT2D eigenvalue weighted by Crippen LogP contribution is -2.12. The first-order valence-electron chi connectivity index (χ1n) is 6.85. The number of carbonyl (C=O) groups is 2. The van der Waals surface area contributed by atoms with Crippen LogP contribution in [-0.4, -0.2) is 29.0 Å². The number of methoxy groups -OCH3 is 1. The van der Waals surface area contributed by atoms with Crippen LogP contribution in [0.3, 0.4) is 0 Å². The van der Waals surface area contributed by atoms with Gasteiger partial charge in [-0.15, -0.1) is 0 Å². The van der Waals surface area contributed by atoms with Gasteiger partial charge in [-0.1, -0.05) is 12.1 Å². The molecule has 0 bridgehead atoms. The lowest BCUT2D eigenvalue weighted by atomic mass is 10.1. The van der Waals surface area contributed by atoms with Crippen LogP contribution in [0.15, 0.2) is 42.5 Å². The summed E-state index contributed by atoms with van der Waals surface area (Å²) >= 11 is 0. The predicted molar refractivity (Wildman–Crippen MR) is 85.4 cm³/mol. The van der Waals surface area contributed by atoms with Gasteiger partial charge in [-0.3, -0.25) is 19.7 Å². The van der Waals surface area contributed by atoms with Gasteiger partial charge in [0.25, 0.3) is 5.91 Å². The average molecular weight is 330 g/mol. The molecule has 0 unspecified atom stereocenters. The van der Waals surface area contributed by atoms with Crippen molar-refractivity contribution in [2.24, 2.45) is 0 Å². The number of rotatable bonds is 6. The van der Waals surface area contributed by atoms with E-state index in [1.807, 2.05) is 0 Å². The molecule has 0 fully saturated rings. The van der Waals surface area contributed by atoms with Crippen molar-refractivity contribution in [2.75, 3.05) is 12.4 Å². The topological polar surface area (TPSA) is 119 Å². The molecule has 2 rings (SSSR count). The third kappa shape index (κ3) is 4.07. The van der Waals surface area contributed by atoms with E-state index in [1.165, 1.54) is 19.2 Å². The highest BCUT2D eigenvalue weighted by Gasteiger charge is 2.18. The molecule has 0 saturated carbocycles. The molecule has 0 saturated heterocycles. The standard InChI is InChI=1S/C16H14N2O6/c1-24-14-7-4-11(9-13(14)18(22)23)16(21)17-12-5-2-10(3-6-12)8-15(19)20/h2-7,9H,8H2,1H3,(H,17,21)(H,19,20). The molecule has 0 aliphatic carbocycles. The zero-order chi connectivity index (χ0) is 17.7. The Bertz CT molecular complexity index is 786. The van der Waals surface area contributed by atoms with Gasteiger partial charge in [-0.05, 0) is 29.8 Å². The molecule has 8 nitrogen and oxygen atoms in total. The van der Waals surface area contributed by atoms with E-state index < -0.39 is 16.8 Å². The monoisotopic (exact) mass is 330 g/mol. The number of carboxylic acids is 1. The van der Waals surface area contributed by atoms with E-state index in [9.17, 15) is 19.7 Å². The lowest BCUT2D eigenvalue weighted by Gasteiger charge is -2.07. The Morgan fingerprint density at radius 3 is 2.42 bits per heavy atom. The molecule has 0 spiro atoms. The molecule has 0 aliphatic heterocycles. The Morgan fingerprint density at radius 1 is 1.21 bits per heavy atom. The fourth-order valence-electron chi connectivity index (χ4n) is 2.06. The molecule has 0 aromatic heterocycles. The molecule has 0 heterocycles. The number of carbonyl (C=O) groups excluding carboxylic acids is 1. The second kappa shape index (κ2) is 7.23. The van der Waals surface area contributed by atoms with Gasteiger partial charge in [0.15, 0.2) is 5.75 Å². The number of aliphatic carboxylic acids is 1. The van der Waals surface area contributed by atoms with Crippen LogP contribution in [0.5, 0.6) is 5.75 Å². The van der Waals surface area contributed by atoms with Crippen LogP contribution in [-0.2, 0) is 11.2 Å². The number of amides is 1. The zero-order valence-corrected chi connectivity index (χ0v) is 12.7. The summed E-state index contributed by atoms with van der Waals surface area (Å²) in [6.07, 6.45) is -0.112. The van der Waals surface area contributed by atoms with Crippen LogP contribution in [0.1, 0.15) is 15.9 Å². The van der Waals surface area contributed by atoms with Crippen LogP contribution in [0.4, 0.5) is 11.4 Å². The van der Waals surface area contributed by atoms with Crippen molar-refractivity contribution in [3.05, 3.63) is 63.7 Å². The van der Waals surface area contributed by atoms with Gasteiger partial charge in [0.2, 0.25) is 0 Å². The predicted octanol–water partition coefficient (Wildman–Crippen LogP) is 2.48. The summed E-state index contributed by atoms with van der Waals surface area (Å²) in [7, 11) is 1.31. The molecule has 0 aliphatic rings. The highest BCUT2D eigenvalue weighted by Crippen LogP contribution is 2.27. The van der Waals surface area contributed by atoms with Crippen LogP contribution < -0.4 is 10.1 Å². The molecular weight excluding hydrogens is 316 g/mol. The molecule has 1 amide bonds. The zero-order valence-electron chi connectivity index (χ0n) is 12.7. The fraction of sp³-hybridized carbons (Fsp3) is 0.125. The molecule has 0 atom stereocenters. The van der Waals surface area contributed by atoms with E-state index in [1.54, 1.807) is 24.3 Å². The van der Waals surface area contributed by atoms with E-state index >= 15 is 0 Å². The van der Waals surface area contributed by atoms with E-state index in [2.05, 4.69) is 5.32 Å². The fourth-order valence-corrected chi connectivity index (χ4v) is 2.06. The molecule has 2 aromatic rings. The summed E-state index contributed by atoms with van der Waals surface area (Å²) < 4.78 is 4.88. The summed E-state index contributed by atoms with van der Waals surface area (Å²) in [6, 6.07) is 10.2. The number of nitro benzene ring substituents is 1. The maximum Gasteiger partial charge on any atom is 0.311 e. The summed E-state index contributed by atoms with van der Waals surface area (Å²) in [5.41, 5.74) is 0.854. The summed E-state index contributed by atoms with van der Waals surface area (Å²) in [5, 5.41) is 22.3. The number of anilines is 1. The smallest absolute Gasteiger partial charge is 0.311 e. The van der Waals surface area contributed by atoms with Gasteiger partial charge < -0.3 is 15.2 Å². The maximum atomic E-state index is 12.2. The van der Waals surface area contributed by atoms with Crippen molar-refractivity contribution in [1.29, 1.82) is 0 Å². The molecule has 24 heavy (non-hydrogen) atoms. The number of carboxylic acid groups (broad SMARTS) is 1. The van der Waals surface area contributed by atoms with Crippen molar-refractivity contribution in [1.82, 2.24) is 0 Å². The molecule has 8 heteroatoms. The maximum absolute atomic E-state index is 12.2. The van der Waals surface area contributed by atoms with E-state index in [-0.39, 0.29) is 23.4 Å². The number of benzene rings is 2. The van der Waals surface area contributed by atoms with Crippen molar-refractivity contribution in [3.63, 3.8) is 0 Å². The Morgan fingerprint density at radius 2 is 1.88 bits per heavy atom. The minimum Gasteiger partial charge on any atom is -0.490 e. The third-order valence-corrected chi connectivity index (χ3v) is 3.20. The second-order valence-electron chi connectivity index (χ2n) is 4.87. The minimum absolute atomic E-state index is 0.0644. The first-order valence-corrected chi connectivity index (χ1v) is 6.85. The van der Waals surface area contributed by atoms with Gasteiger partial charge in [0, 0.05) is 17.3 Å². The van der Waals surface area contributed by atoms with E-state index in [0.29, 0.717) is 11.3 Å². The summed E-state index contributed by atoms with van der Waals surface area (Å²) in [4.78, 5) is 33.2. The second-order valence-corrected chi connectivity index (χ2v) is 4.87. The summed E-state index contributed by atoms with van der Waals surface area (Å²) in [6.45, 7) is 0. The average Bonchev–Trinajstić information content (AvgIpc) is 2.55. The molecule has 124 valence electrons. The number of ether oxygens (including phenoxy) is 1. The van der Waals surface area contributed by atoms with Crippen molar-refractivity contribution < 1.29 is 24.4 Å². The first-order chi connectivity index (χ1) is 11.4. The molecule has 2 aromatic carbocycles. The largest absolute Gasteiger partial charge is 0.490 e. The SMILES string of the molecule is COc1ccc(C(=O)Nc2ccc(CC(=O)O)cc2)cc1[N+](=O)[O-]. The number of nitrogens with one attached hydrogen (secondary N) is 1. The van der Waals surface area contributed by atoms with Crippen LogP contribution in [0, 0.1) is 10.1 Å². The van der Waals surface area contributed by atoms with Gasteiger partial charge in [0.05, 0.1) is 18.5 Å². The number of hydrogen-bond acceptors (Lipinski definition) is 5. The lowest BCUT2D eigenvalue weighted by molar-refractivity contribution is -0.385. The van der Waals surface area contributed by atoms with Crippen molar-refractivity contribution in [3.8, 4) is 5.75 Å². The van der Waals surface area contributed by atoms with E-state index in [0.717, 1.165) is 6.07 Å². The van der Waals surface area contributed by atoms with Crippen LogP contribution in [0.2, 0.25) is 0 Å². The van der Waals surface area contributed by atoms with Gasteiger partial charge in [-0.2, -0.15) is 0 Å². The molecule has 0 radical (unpaired) electrons. The van der Waals surface area contributed by atoms with Gasteiger partial charge in [0.1, 0.15) is 0 Å². The number of hydrogen-bond donors (Lipinski definition) is 2. The highest BCUT2D eigenvalue weighted by atomic mass is 16.6. The van der Waals surface area contributed by atoms with Crippen LogP contribution in [0.25, 0.3) is 0 Å². The van der Waals surface area contributed by atoms with E-state index in [4.69, 9.17) is 9.84 Å². The van der Waals surface area contributed by atoms with Crippen molar-refractivity contribution >= 4 is 23.3 Å². The first kappa shape index (κ1) is 16.9. The quantitative estimate of drug-likeness (QED) is 0.620.